The molecule has 2 rings (SSSR count). The third-order valence-electron chi connectivity index (χ3n) is 2.80. The molecular formula is C14H18N2O3. The van der Waals surface area contributed by atoms with Crippen LogP contribution in [0.5, 0.6) is 5.75 Å². The van der Waals surface area contributed by atoms with Crippen molar-refractivity contribution in [1.29, 1.82) is 0 Å². The smallest absolute Gasteiger partial charge is 0.275 e. The predicted octanol–water partition coefficient (Wildman–Crippen LogP) is 1.47. The number of amides is 2. The molecule has 2 N–H and O–H groups in total. The maximum atomic E-state index is 11.9. The van der Waals surface area contributed by atoms with E-state index in [9.17, 15) is 9.59 Å². The molecule has 19 heavy (non-hydrogen) atoms. The van der Waals surface area contributed by atoms with E-state index in [0.717, 1.165) is 5.56 Å². The van der Waals surface area contributed by atoms with Gasteiger partial charge < -0.3 is 15.4 Å². The van der Waals surface area contributed by atoms with Crippen molar-refractivity contribution in [2.75, 3.05) is 11.9 Å². The first kappa shape index (κ1) is 13.4. The minimum Gasteiger partial charge on any atom is -0.468 e. The van der Waals surface area contributed by atoms with Crippen molar-refractivity contribution >= 4 is 17.5 Å². The number of hydrogen-bond donors (Lipinski definition) is 2. The van der Waals surface area contributed by atoms with Crippen LogP contribution in [0.4, 0.5) is 5.69 Å². The van der Waals surface area contributed by atoms with E-state index in [1.165, 1.54) is 0 Å². The minimum absolute atomic E-state index is 0.325. The second kappa shape index (κ2) is 5.30. The molecule has 0 fully saturated rings. The lowest BCUT2D eigenvalue weighted by molar-refractivity contribution is -0.137. The Morgan fingerprint density at radius 1 is 1.47 bits per heavy atom. The Kier molecular flexibility index (Phi) is 3.74. The van der Waals surface area contributed by atoms with Gasteiger partial charge in [0.1, 0.15) is 5.75 Å². The molecule has 0 unspecified atom stereocenters. The van der Waals surface area contributed by atoms with Gasteiger partial charge in [-0.05, 0) is 30.5 Å². The molecule has 1 aliphatic heterocycles. The van der Waals surface area contributed by atoms with E-state index >= 15 is 0 Å². The Morgan fingerprint density at radius 2 is 2.21 bits per heavy atom. The lowest BCUT2D eigenvalue weighted by atomic mass is 10.1. The molecule has 2 amide bonds. The number of nitrogens with one attached hydrogen (secondary N) is 2. The van der Waals surface area contributed by atoms with Crippen LogP contribution in [0, 0.1) is 12.8 Å². The zero-order valence-corrected chi connectivity index (χ0v) is 11.3. The van der Waals surface area contributed by atoms with Gasteiger partial charge in [-0.1, -0.05) is 19.9 Å². The lowest BCUT2D eigenvalue weighted by Gasteiger charge is -2.25. The van der Waals surface area contributed by atoms with Gasteiger partial charge in [0, 0.05) is 6.54 Å². The summed E-state index contributed by atoms with van der Waals surface area (Å²) in [6.45, 7) is 6.42. The van der Waals surface area contributed by atoms with Crippen molar-refractivity contribution in [2.45, 2.75) is 26.9 Å². The van der Waals surface area contributed by atoms with Crippen molar-refractivity contribution in [3.63, 3.8) is 0 Å². The summed E-state index contributed by atoms with van der Waals surface area (Å²) in [6, 6.07) is 5.45. The lowest BCUT2D eigenvalue weighted by Crippen LogP contribution is -2.49. The fourth-order valence-electron chi connectivity index (χ4n) is 1.79. The first-order chi connectivity index (χ1) is 8.97. The van der Waals surface area contributed by atoms with Crippen LogP contribution in [-0.4, -0.2) is 24.5 Å². The highest BCUT2D eigenvalue weighted by Crippen LogP contribution is 2.30. The number of hydrogen-bond acceptors (Lipinski definition) is 3. The van der Waals surface area contributed by atoms with Gasteiger partial charge in [-0.15, -0.1) is 0 Å². The standard InChI is InChI=1S/C14H18N2O3/c1-8(2)7-15-13(17)12-14(18)16-10-6-9(3)4-5-11(10)19-12/h4-6,8,12H,7H2,1-3H3,(H,15,17)(H,16,18)/t12-/m0/s1. The molecule has 102 valence electrons. The van der Waals surface area contributed by atoms with E-state index in [2.05, 4.69) is 10.6 Å². The average Bonchev–Trinajstić information content (AvgIpc) is 2.35. The van der Waals surface area contributed by atoms with E-state index in [0.29, 0.717) is 23.9 Å². The molecule has 1 heterocycles. The summed E-state index contributed by atoms with van der Waals surface area (Å²) in [7, 11) is 0. The molecule has 5 heteroatoms. The van der Waals surface area contributed by atoms with E-state index in [4.69, 9.17) is 4.74 Å². The number of fused-ring (bicyclic) bond motifs is 1. The summed E-state index contributed by atoms with van der Waals surface area (Å²) in [5.41, 5.74) is 1.63. The number of anilines is 1. The molecule has 0 bridgehead atoms. The van der Waals surface area contributed by atoms with Gasteiger partial charge in [0.25, 0.3) is 17.9 Å². The fourth-order valence-corrected chi connectivity index (χ4v) is 1.79. The molecule has 1 aliphatic rings. The summed E-state index contributed by atoms with van der Waals surface area (Å²) >= 11 is 0. The summed E-state index contributed by atoms with van der Waals surface area (Å²) in [5, 5.41) is 5.39. The Labute approximate surface area is 112 Å². The van der Waals surface area contributed by atoms with E-state index in [-0.39, 0.29) is 0 Å². The highest BCUT2D eigenvalue weighted by atomic mass is 16.5. The van der Waals surface area contributed by atoms with Crippen molar-refractivity contribution in [3.8, 4) is 5.75 Å². The summed E-state index contributed by atoms with van der Waals surface area (Å²) in [5.74, 6) is 0.0113. The molecular weight excluding hydrogens is 244 g/mol. The van der Waals surface area contributed by atoms with Gasteiger partial charge in [0.15, 0.2) is 0 Å². The van der Waals surface area contributed by atoms with Gasteiger partial charge in [-0.2, -0.15) is 0 Å². The van der Waals surface area contributed by atoms with Gasteiger partial charge >= 0.3 is 0 Å². The first-order valence-electron chi connectivity index (χ1n) is 6.33. The SMILES string of the molecule is Cc1ccc2c(c1)NC(=O)[C@H](C(=O)NCC(C)C)O2. The quantitative estimate of drug-likeness (QED) is 0.810. The Hall–Kier alpha value is -2.04. The highest BCUT2D eigenvalue weighted by molar-refractivity contribution is 6.11. The molecule has 0 saturated carbocycles. The summed E-state index contributed by atoms with van der Waals surface area (Å²) in [4.78, 5) is 23.8. The van der Waals surface area contributed by atoms with Crippen molar-refractivity contribution < 1.29 is 14.3 Å². The topological polar surface area (TPSA) is 67.4 Å². The van der Waals surface area contributed by atoms with Crippen molar-refractivity contribution in [2.24, 2.45) is 5.92 Å². The fraction of sp³-hybridized carbons (Fsp3) is 0.429. The molecule has 0 radical (unpaired) electrons. The van der Waals surface area contributed by atoms with Crippen LogP contribution in [0.15, 0.2) is 18.2 Å². The number of aryl methyl sites for hydroxylation is 1. The number of ether oxygens (including phenoxy) is 1. The van der Waals surface area contributed by atoms with Crippen LogP contribution in [0.1, 0.15) is 19.4 Å². The van der Waals surface area contributed by atoms with Crippen LogP contribution in [-0.2, 0) is 9.59 Å². The molecule has 1 atom stereocenters. The molecule has 1 aromatic rings. The molecule has 0 spiro atoms. The number of rotatable bonds is 3. The van der Waals surface area contributed by atoms with Gasteiger partial charge in [0.2, 0.25) is 0 Å². The Morgan fingerprint density at radius 3 is 2.89 bits per heavy atom. The van der Waals surface area contributed by atoms with Crippen LogP contribution >= 0.6 is 0 Å². The van der Waals surface area contributed by atoms with Gasteiger partial charge in [-0.25, -0.2) is 0 Å². The molecule has 0 aromatic heterocycles. The van der Waals surface area contributed by atoms with Crippen LogP contribution < -0.4 is 15.4 Å². The minimum atomic E-state index is -1.12. The first-order valence-corrected chi connectivity index (χ1v) is 6.33. The average molecular weight is 262 g/mol. The van der Waals surface area contributed by atoms with Crippen LogP contribution in [0.2, 0.25) is 0 Å². The predicted molar refractivity (Wildman–Crippen MR) is 72.1 cm³/mol. The number of benzene rings is 1. The van der Waals surface area contributed by atoms with Gasteiger partial charge in [-0.3, -0.25) is 9.59 Å². The van der Waals surface area contributed by atoms with E-state index in [1.807, 2.05) is 32.9 Å². The highest BCUT2D eigenvalue weighted by Gasteiger charge is 2.33. The normalized spacial score (nSPS) is 17.5. The molecule has 0 saturated heterocycles. The van der Waals surface area contributed by atoms with Crippen LogP contribution in [0.25, 0.3) is 0 Å². The monoisotopic (exact) mass is 262 g/mol. The molecule has 1 aromatic carbocycles. The Balaban J connectivity index is 2.11. The van der Waals surface area contributed by atoms with Gasteiger partial charge in [0.05, 0.1) is 5.69 Å². The maximum Gasteiger partial charge on any atom is 0.275 e. The van der Waals surface area contributed by atoms with E-state index < -0.39 is 17.9 Å². The zero-order chi connectivity index (χ0) is 14.0. The summed E-state index contributed by atoms with van der Waals surface area (Å²) < 4.78 is 5.47. The number of carbonyl (C=O) groups is 2. The zero-order valence-electron chi connectivity index (χ0n) is 11.3. The van der Waals surface area contributed by atoms with Crippen molar-refractivity contribution in [3.05, 3.63) is 23.8 Å². The molecule has 5 nitrogen and oxygen atoms in total. The van der Waals surface area contributed by atoms with E-state index in [1.54, 1.807) is 6.07 Å². The number of carbonyl (C=O) groups excluding carboxylic acids is 2. The molecule has 0 aliphatic carbocycles. The summed E-state index contributed by atoms with van der Waals surface area (Å²) in [6.07, 6.45) is -1.12. The largest absolute Gasteiger partial charge is 0.468 e. The second-order valence-corrected chi connectivity index (χ2v) is 5.13. The van der Waals surface area contributed by atoms with Crippen LogP contribution in [0.3, 0.4) is 0 Å². The Bertz CT molecular complexity index is 511. The maximum absolute atomic E-state index is 11.9. The third kappa shape index (κ3) is 3.05. The second-order valence-electron chi connectivity index (χ2n) is 5.13. The van der Waals surface area contributed by atoms with Crippen molar-refractivity contribution in [1.82, 2.24) is 5.32 Å². The third-order valence-corrected chi connectivity index (χ3v) is 2.80.